The zero-order chi connectivity index (χ0) is 9.47. The first-order valence-electron chi connectivity index (χ1n) is 3.84. The Bertz CT molecular complexity index is 315. The number of hydrogen-bond donors (Lipinski definition) is 1. The standard InChI is InChI=1S/C7H8F2N2OS/c8-7(9)1-2-11(4-7)6-10-5(12)3-13-6/h3,12H,1-2,4H2. The summed E-state index contributed by atoms with van der Waals surface area (Å²) in [6, 6.07) is 0. The smallest absolute Gasteiger partial charge is 0.267 e. The molecule has 2 heterocycles. The molecular formula is C7H8F2N2OS. The molecule has 1 aromatic rings. The summed E-state index contributed by atoms with van der Waals surface area (Å²) in [5, 5.41) is 10.8. The first-order valence-corrected chi connectivity index (χ1v) is 4.72. The highest BCUT2D eigenvalue weighted by Crippen LogP contribution is 2.33. The Labute approximate surface area is 77.6 Å². The van der Waals surface area contributed by atoms with E-state index < -0.39 is 5.92 Å². The van der Waals surface area contributed by atoms with Crippen LogP contribution in [0.4, 0.5) is 13.9 Å². The number of alkyl halides is 2. The normalized spacial score (nSPS) is 20.9. The topological polar surface area (TPSA) is 36.4 Å². The minimum Gasteiger partial charge on any atom is -0.493 e. The summed E-state index contributed by atoms with van der Waals surface area (Å²) in [6.45, 7) is 0.0138. The van der Waals surface area contributed by atoms with Gasteiger partial charge in [-0.2, -0.15) is 4.98 Å². The van der Waals surface area contributed by atoms with Crippen LogP contribution in [0.5, 0.6) is 5.88 Å². The first-order chi connectivity index (χ1) is 6.07. The maximum absolute atomic E-state index is 12.8. The number of thiazole rings is 1. The fourth-order valence-electron chi connectivity index (χ4n) is 1.30. The Balaban J connectivity index is 2.12. The van der Waals surface area contributed by atoms with Gasteiger partial charge in [-0.3, -0.25) is 0 Å². The van der Waals surface area contributed by atoms with Crippen molar-refractivity contribution in [2.24, 2.45) is 0 Å². The van der Waals surface area contributed by atoms with E-state index in [2.05, 4.69) is 4.98 Å². The molecule has 0 bridgehead atoms. The third-order valence-electron chi connectivity index (χ3n) is 1.92. The van der Waals surface area contributed by atoms with Crippen molar-refractivity contribution < 1.29 is 13.9 Å². The van der Waals surface area contributed by atoms with Crippen molar-refractivity contribution in [1.82, 2.24) is 4.98 Å². The van der Waals surface area contributed by atoms with E-state index in [9.17, 15) is 8.78 Å². The van der Waals surface area contributed by atoms with E-state index in [1.54, 1.807) is 0 Å². The summed E-state index contributed by atoms with van der Waals surface area (Å²) in [7, 11) is 0. The third kappa shape index (κ3) is 1.72. The SMILES string of the molecule is Oc1csc(N2CCC(F)(F)C2)n1. The molecule has 0 unspecified atom stereocenters. The highest BCUT2D eigenvalue weighted by atomic mass is 32.1. The predicted octanol–water partition coefficient (Wildman–Crippen LogP) is 1.69. The van der Waals surface area contributed by atoms with Crippen LogP contribution in [0.25, 0.3) is 0 Å². The molecule has 0 aromatic carbocycles. The number of aromatic nitrogens is 1. The van der Waals surface area contributed by atoms with Crippen LogP contribution in [-0.4, -0.2) is 29.1 Å². The van der Waals surface area contributed by atoms with Crippen molar-refractivity contribution in [3.05, 3.63) is 5.38 Å². The van der Waals surface area contributed by atoms with E-state index in [0.717, 1.165) is 0 Å². The number of aromatic hydroxyl groups is 1. The quantitative estimate of drug-likeness (QED) is 0.759. The largest absolute Gasteiger partial charge is 0.493 e. The predicted molar refractivity (Wildman–Crippen MR) is 45.6 cm³/mol. The molecule has 0 aliphatic carbocycles. The highest BCUT2D eigenvalue weighted by Gasteiger charge is 2.39. The van der Waals surface area contributed by atoms with Gasteiger partial charge in [-0.25, -0.2) is 8.78 Å². The Morgan fingerprint density at radius 1 is 1.62 bits per heavy atom. The molecule has 0 saturated carbocycles. The second kappa shape index (κ2) is 2.80. The van der Waals surface area contributed by atoms with Gasteiger partial charge in [0, 0.05) is 13.0 Å². The number of anilines is 1. The Hall–Kier alpha value is -0.910. The maximum atomic E-state index is 12.8. The fraction of sp³-hybridized carbons (Fsp3) is 0.571. The van der Waals surface area contributed by atoms with Gasteiger partial charge in [0.25, 0.3) is 5.92 Å². The molecule has 1 aliphatic rings. The van der Waals surface area contributed by atoms with Gasteiger partial charge in [-0.05, 0) is 0 Å². The average molecular weight is 206 g/mol. The summed E-state index contributed by atoms with van der Waals surface area (Å²) >= 11 is 1.18. The first kappa shape index (κ1) is 8.68. The summed E-state index contributed by atoms with van der Waals surface area (Å²) < 4.78 is 25.5. The molecule has 0 amide bonds. The molecule has 0 radical (unpaired) electrons. The lowest BCUT2D eigenvalue weighted by Gasteiger charge is -2.13. The van der Waals surface area contributed by atoms with E-state index in [-0.39, 0.29) is 18.8 Å². The lowest BCUT2D eigenvalue weighted by molar-refractivity contribution is 0.0257. The van der Waals surface area contributed by atoms with Crippen LogP contribution in [0, 0.1) is 0 Å². The van der Waals surface area contributed by atoms with Crippen LogP contribution in [0.1, 0.15) is 6.42 Å². The highest BCUT2D eigenvalue weighted by molar-refractivity contribution is 7.13. The molecule has 1 fully saturated rings. The van der Waals surface area contributed by atoms with E-state index in [0.29, 0.717) is 11.7 Å². The molecule has 72 valence electrons. The van der Waals surface area contributed by atoms with Crippen molar-refractivity contribution >= 4 is 16.5 Å². The molecule has 0 atom stereocenters. The van der Waals surface area contributed by atoms with Gasteiger partial charge < -0.3 is 10.0 Å². The minimum absolute atomic E-state index is 0.102. The van der Waals surface area contributed by atoms with Gasteiger partial charge in [0.2, 0.25) is 5.88 Å². The van der Waals surface area contributed by atoms with Gasteiger partial charge in [-0.15, -0.1) is 11.3 Å². The summed E-state index contributed by atoms with van der Waals surface area (Å²) in [6.07, 6.45) is -0.132. The molecule has 13 heavy (non-hydrogen) atoms. The number of nitrogens with zero attached hydrogens (tertiary/aromatic N) is 2. The molecule has 1 aliphatic heterocycles. The van der Waals surface area contributed by atoms with Crippen molar-refractivity contribution in [3.63, 3.8) is 0 Å². The minimum atomic E-state index is -2.61. The zero-order valence-corrected chi connectivity index (χ0v) is 7.52. The molecule has 3 nitrogen and oxygen atoms in total. The van der Waals surface area contributed by atoms with E-state index >= 15 is 0 Å². The summed E-state index contributed by atoms with van der Waals surface area (Å²) in [5.41, 5.74) is 0. The van der Waals surface area contributed by atoms with Crippen LogP contribution in [0.3, 0.4) is 0 Å². The van der Waals surface area contributed by atoms with Gasteiger partial charge in [0.05, 0.1) is 11.9 Å². The van der Waals surface area contributed by atoms with Gasteiger partial charge in [0.1, 0.15) is 0 Å². The molecular weight excluding hydrogens is 198 g/mol. The molecule has 6 heteroatoms. The van der Waals surface area contributed by atoms with Crippen molar-refractivity contribution in [2.75, 3.05) is 18.0 Å². The fourth-order valence-corrected chi connectivity index (χ4v) is 2.02. The average Bonchev–Trinajstić information content (AvgIpc) is 2.56. The Kier molecular flexibility index (Phi) is 1.87. The van der Waals surface area contributed by atoms with Crippen LogP contribution >= 0.6 is 11.3 Å². The Morgan fingerprint density at radius 3 is 2.85 bits per heavy atom. The molecule has 1 N–H and O–H groups in total. The van der Waals surface area contributed by atoms with Crippen LogP contribution in [0.2, 0.25) is 0 Å². The van der Waals surface area contributed by atoms with Crippen LogP contribution in [-0.2, 0) is 0 Å². The maximum Gasteiger partial charge on any atom is 0.267 e. The second-order valence-corrected chi connectivity index (χ2v) is 3.85. The van der Waals surface area contributed by atoms with Crippen LogP contribution in [0.15, 0.2) is 5.38 Å². The zero-order valence-electron chi connectivity index (χ0n) is 6.70. The van der Waals surface area contributed by atoms with Crippen LogP contribution < -0.4 is 4.90 Å². The number of rotatable bonds is 1. The third-order valence-corrected chi connectivity index (χ3v) is 2.81. The summed E-state index contributed by atoms with van der Waals surface area (Å²) in [4.78, 5) is 5.22. The Morgan fingerprint density at radius 2 is 2.38 bits per heavy atom. The molecule has 1 aromatic heterocycles. The van der Waals surface area contributed by atoms with Gasteiger partial charge >= 0.3 is 0 Å². The molecule has 0 spiro atoms. The number of hydrogen-bond acceptors (Lipinski definition) is 4. The molecule has 2 rings (SSSR count). The van der Waals surface area contributed by atoms with E-state index in [1.165, 1.54) is 21.6 Å². The molecule has 1 saturated heterocycles. The van der Waals surface area contributed by atoms with Crippen molar-refractivity contribution in [1.29, 1.82) is 0 Å². The van der Waals surface area contributed by atoms with Crippen molar-refractivity contribution in [2.45, 2.75) is 12.3 Å². The lowest BCUT2D eigenvalue weighted by atomic mass is 10.3. The van der Waals surface area contributed by atoms with Gasteiger partial charge in [-0.1, -0.05) is 0 Å². The second-order valence-electron chi connectivity index (χ2n) is 3.02. The van der Waals surface area contributed by atoms with E-state index in [4.69, 9.17) is 5.11 Å². The van der Waals surface area contributed by atoms with Gasteiger partial charge in [0.15, 0.2) is 5.13 Å². The van der Waals surface area contributed by atoms with Crippen molar-refractivity contribution in [3.8, 4) is 5.88 Å². The number of halogens is 2. The van der Waals surface area contributed by atoms with E-state index in [1.807, 2.05) is 0 Å². The summed E-state index contributed by atoms with van der Waals surface area (Å²) in [5.74, 6) is -2.71. The lowest BCUT2D eigenvalue weighted by Crippen LogP contribution is -2.24. The monoisotopic (exact) mass is 206 g/mol.